The number of benzene rings is 1. The molecule has 1 amide bonds. The molecule has 1 rings (SSSR count). The first-order valence-corrected chi connectivity index (χ1v) is 5.96. The number of rotatable bonds is 3. The SMILES string of the molecule is NC(=O)C(Br)Cc1ccc(Cl)cc1Br. The van der Waals surface area contributed by atoms with Gasteiger partial charge >= 0.3 is 0 Å². The molecule has 1 atom stereocenters. The van der Waals surface area contributed by atoms with Gasteiger partial charge in [-0.3, -0.25) is 4.79 Å². The van der Waals surface area contributed by atoms with Crippen molar-refractivity contribution in [2.24, 2.45) is 5.73 Å². The first kappa shape index (κ1) is 12.0. The Kier molecular flexibility index (Phi) is 4.41. The minimum absolute atomic E-state index is 0.347. The standard InChI is InChI=1S/C9H8Br2ClNO/c10-7-4-6(12)2-1-5(7)3-8(11)9(13)14/h1-2,4,8H,3H2,(H2,13,14). The number of carbonyl (C=O) groups is 1. The Morgan fingerprint density at radius 2 is 2.21 bits per heavy atom. The van der Waals surface area contributed by atoms with E-state index >= 15 is 0 Å². The van der Waals surface area contributed by atoms with Gasteiger partial charge in [0.05, 0.1) is 4.83 Å². The molecular formula is C9H8Br2ClNO. The van der Waals surface area contributed by atoms with Crippen molar-refractivity contribution in [2.75, 3.05) is 0 Å². The first-order valence-electron chi connectivity index (χ1n) is 3.88. The predicted octanol–water partition coefficient (Wildman–Crippen LogP) is 2.89. The van der Waals surface area contributed by atoms with Gasteiger partial charge in [-0.1, -0.05) is 49.5 Å². The minimum atomic E-state index is -0.369. The van der Waals surface area contributed by atoms with E-state index in [9.17, 15) is 4.79 Å². The number of hydrogen-bond acceptors (Lipinski definition) is 1. The number of hydrogen-bond donors (Lipinski definition) is 1. The van der Waals surface area contributed by atoms with E-state index in [0.29, 0.717) is 11.4 Å². The Labute approximate surface area is 104 Å². The van der Waals surface area contributed by atoms with E-state index in [4.69, 9.17) is 17.3 Å². The molecule has 0 spiro atoms. The summed E-state index contributed by atoms with van der Waals surface area (Å²) < 4.78 is 0.885. The lowest BCUT2D eigenvalue weighted by Crippen LogP contribution is -2.25. The zero-order valence-corrected chi connectivity index (χ0v) is 11.1. The van der Waals surface area contributed by atoms with Crippen LogP contribution in [0.4, 0.5) is 0 Å². The van der Waals surface area contributed by atoms with Crippen LogP contribution in [0.1, 0.15) is 5.56 Å². The minimum Gasteiger partial charge on any atom is -0.369 e. The Hall–Kier alpha value is -0.0600. The maximum Gasteiger partial charge on any atom is 0.231 e. The first-order chi connectivity index (χ1) is 6.50. The number of halogens is 3. The van der Waals surface area contributed by atoms with Crippen LogP contribution in [-0.2, 0) is 11.2 Å². The Bertz CT molecular complexity index is 357. The summed E-state index contributed by atoms with van der Waals surface area (Å²) >= 11 is 12.4. The van der Waals surface area contributed by atoms with Gasteiger partial charge in [-0.25, -0.2) is 0 Å². The van der Waals surface area contributed by atoms with Crippen molar-refractivity contribution in [2.45, 2.75) is 11.2 Å². The van der Waals surface area contributed by atoms with Crippen molar-refractivity contribution < 1.29 is 4.79 Å². The monoisotopic (exact) mass is 339 g/mol. The maximum atomic E-state index is 10.8. The summed E-state index contributed by atoms with van der Waals surface area (Å²) in [6.07, 6.45) is 0.549. The highest BCUT2D eigenvalue weighted by molar-refractivity contribution is 9.10. The van der Waals surface area contributed by atoms with Crippen LogP contribution in [0.25, 0.3) is 0 Å². The van der Waals surface area contributed by atoms with E-state index in [1.54, 1.807) is 12.1 Å². The summed E-state index contributed by atoms with van der Waals surface area (Å²) in [7, 11) is 0. The summed E-state index contributed by atoms with van der Waals surface area (Å²) in [5.41, 5.74) is 6.13. The summed E-state index contributed by atoms with van der Waals surface area (Å²) in [4.78, 5) is 10.5. The van der Waals surface area contributed by atoms with Crippen LogP contribution in [0.3, 0.4) is 0 Å². The van der Waals surface area contributed by atoms with E-state index in [2.05, 4.69) is 31.9 Å². The average molecular weight is 341 g/mol. The fourth-order valence-corrected chi connectivity index (χ4v) is 2.17. The topological polar surface area (TPSA) is 43.1 Å². The second-order valence-corrected chi connectivity index (χ2v) is 5.21. The van der Waals surface area contributed by atoms with E-state index in [1.807, 2.05) is 6.07 Å². The van der Waals surface area contributed by atoms with Crippen LogP contribution < -0.4 is 5.73 Å². The molecule has 0 heterocycles. The molecule has 0 radical (unpaired) electrons. The van der Waals surface area contributed by atoms with Crippen LogP contribution in [0.5, 0.6) is 0 Å². The third-order valence-corrected chi connectivity index (χ3v) is 3.47. The lowest BCUT2D eigenvalue weighted by Gasteiger charge is -2.07. The molecule has 0 aliphatic rings. The molecule has 1 aromatic carbocycles. The third kappa shape index (κ3) is 3.26. The summed E-state index contributed by atoms with van der Waals surface area (Å²) in [6, 6.07) is 5.43. The highest BCUT2D eigenvalue weighted by Gasteiger charge is 2.13. The number of nitrogens with two attached hydrogens (primary N) is 1. The molecular weight excluding hydrogens is 333 g/mol. The summed E-state index contributed by atoms with van der Waals surface area (Å²) in [6.45, 7) is 0. The second kappa shape index (κ2) is 5.14. The zero-order chi connectivity index (χ0) is 10.7. The van der Waals surface area contributed by atoms with Gasteiger partial charge in [-0.15, -0.1) is 0 Å². The van der Waals surface area contributed by atoms with Gasteiger partial charge in [-0.05, 0) is 24.1 Å². The smallest absolute Gasteiger partial charge is 0.231 e. The van der Waals surface area contributed by atoms with Gasteiger partial charge in [0.1, 0.15) is 0 Å². The molecule has 0 bridgehead atoms. The van der Waals surface area contributed by atoms with Gasteiger partial charge in [-0.2, -0.15) is 0 Å². The molecule has 76 valence electrons. The Morgan fingerprint density at radius 1 is 1.57 bits per heavy atom. The summed E-state index contributed by atoms with van der Waals surface area (Å²) in [5, 5.41) is 0.658. The van der Waals surface area contributed by atoms with Gasteiger partial charge in [0, 0.05) is 9.50 Å². The number of amides is 1. The van der Waals surface area contributed by atoms with Crippen LogP contribution in [0, 0.1) is 0 Å². The van der Waals surface area contributed by atoms with Crippen molar-refractivity contribution >= 4 is 49.4 Å². The molecule has 1 aromatic rings. The van der Waals surface area contributed by atoms with Crippen molar-refractivity contribution in [3.63, 3.8) is 0 Å². The molecule has 0 aliphatic heterocycles. The molecule has 0 aromatic heterocycles. The Morgan fingerprint density at radius 3 is 2.71 bits per heavy atom. The van der Waals surface area contributed by atoms with Crippen LogP contribution in [-0.4, -0.2) is 10.7 Å². The molecule has 0 saturated carbocycles. The maximum absolute atomic E-state index is 10.8. The molecule has 0 fully saturated rings. The largest absolute Gasteiger partial charge is 0.369 e. The van der Waals surface area contributed by atoms with Crippen molar-refractivity contribution in [1.82, 2.24) is 0 Å². The number of alkyl halides is 1. The molecule has 14 heavy (non-hydrogen) atoms. The lowest BCUT2D eigenvalue weighted by molar-refractivity contribution is -0.117. The molecule has 1 unspecified atom stereocenters. The van der Waals surface area contributed by atoms with Crippen LogP contribution in [0.15, 0.2) is 22.7 Å². The van der Waals surface area contributed by atoms with Crippen molar-refractivity contribution in [3.05, 3.63) is 33.3 Å². The third-order valence-electron chi connectivity index (χ3n) is 1.72. The van der Waals surface area contributed by atoms with Crippen molar-refractivity contribution in [1.29, 1.82) is 0 Å². The zero-order valence-electron chi connectivity index (χ0n) is 7.14. The average Bonchev–Trinajstić information content (AvgIpc) is 2.09. The van der Waals surface area contributed by atoms with Crippen LogP contribution >= 0.6 is 43.5 Å². The Balaban J connectivity index is 2.82. The quantitative estimate of drug-likeness (QED) is 0.844. The fraction of sp³-hybridized carbons (Fsp3) is 0.222. The molecule has 2 nitrogen and oxygen atoms in total. The predicted molar refractivity (Wildman–Crippen MR) is 64.8 cm³/mol. The number of carbonyl (C=O) groups excluding carboxylic acids is 1. The molecule has 0 aliphatic carbocycles. The normalized spacial score (nSPS) is 12.5. The van der Waals surface area contributed by atoms with Crippen molar-refractivity contribution in [3.8, 4) is 0 Å². The lowest BCUT2D eigenvalue weighted by atomic mass is 10.1. The fourth-order valence-electron chi connectivity index (χ4n) is 0.981. The number of primary amides is 1. The molecule has 2 N–H and O–H groups in total. The van der Waals surface area contributed by atoms with E-state index in [0.717, 1.165) is 10.0 Å². The second-order valence-electron chi connectivity index (χ2n) is 2.81. The van der Waals surface area contributed by atoms with Crippen LogP contribution in [0.2, 0.25) is 5.02 Å². The van der Waals surface area contributed by atoms with E-state index in [1.165, 1.54) is 0 Å². The molecule has 0 saturated heterocycles. The van der Waals surface area contributed by atoms with Gasteiger partial charge < -0.3 is 5.73 Å². The van der Waals surface area contributed by atoms with E-state index in [-0.39, 0.29) is 10.7 Å². The van der Waals surface area contributed by atoms with Gasteiger partial charge in [0.25, 0.3) is 0 Å². The van der Waals surface area contributed by atoms with E-state index < -0.39 is 0 Å². The molecule has 5 heteroatoms. The summed E-state index contributed by atoms with van der Waals surface area (Å²) in [5.74, 6) is -0.369. The highest BCUT2D eigenvalue weighted by atomic mass is 79.9. The van der Waals surface area contributed by atoms with Gasteiger partial charge in [0.2, 0.25) is 5.91 Å². The highest BCUT2D eigenvalue weighted by Crippen LogP contribution is 2.23. The van der Waals surface area contributed by atoms with Gasteiger partial charge in [0.15, 0.2) is 0 Å².